The van der Waals surface area contributed by atoms with Crippen molar-refractivity contribution in [3.05, 3.63) is 36.1 Å². The fraction of sp³-hybridized carbons (Fsp3) is 0.400. The van der Waals surface area contributed by atoms with Gasteiger partial charge in [-0.25, -0.2) is 0 Å². The SMILES string of the molecule is C=C(C)/C=C\C=C(/C)N.CC. The summed E-state index contributed by atoms with van der Waals surface area (Å²) in [6, 6.07) is 0. The Morgan fingerprint density at radius 3 is 2.00 bits per heavy atom. The summed E-state index contributed by atoms with van der Waals surface area (Å²) in [4.78, 5) is 0. The summed E-state index contributed by atoms with van der Waals surface area (Å²) in [5.41, 5.74) is 7.21. The summed E-state index contributed by atoms with van der Waals surface area (Å²) in [6.45, 7) is 11.5. The van der Waals surface area contributed by atoms with Crippen molar-refractivity contribution in [1.29, 1.82) is 0 Å². The summed E-state index contributed by atoms with van der Waals surface area (Å²) in [6.07, 6.45) is 5.64. The molecule has 0 aliphatic carbocycles. The van der Waals surface area contributed by atoms with Crippen LogP contribution in [0.25, 0.3) is 0 Å². The van der Waals surface area contributed by atoms with Gasteiger partial charge in [0.2, 0.25) is 0 Å². The van der Waals surface area contributed by atoms with Crippen molar-refractivity contribution in [1.82, 2.24) is 0 Å². The van der Waals surface area contributed by atoms with E-state index in [0.717, 1.165) is 11.3 Å². The fourth-order valence-corrected chi connectivity index (χ4v) is 0.364. The number of hydrogen-bond donors (Lipinski definition) is 1. The Morgan fingerprint density at radius 2 is 1.73 bits per heavy atom. The van der Waals surface area contributed by atoms with Gasteiger partial charge >= 0.3 is 0 Å². The molecule has 0 amide bonds. The highest BCUT2D eigenvalue weighted by Crippen LogP contribution is 1.89. The maximum absolute atomic E-state index is 5.36. The molecule has 0 heterocycles. The Hall–Kier alpha value is -0.980. The van der Waals surface area contributed by atoms with Gasteiger partial charge in [-0.2, -0.15) is 0 Å². The highest BCUT2D eigenvalue weighted by atomic mass is 14.5. The van der Waals surface area contributed by atoms with Crippen LogP contribution in [0.5, 0.6) is 0 Å². The molecule has 0 aliphatic heterocycles. The minimum atomic E-state index is 0.813. The molecule has 0 atom stereocenters. The second kappa shape index (κ2) is 9.02. The molecule has 1 heteroatoms. The van der Waals surface area contributed by atoms with Crippen LogP contribution >= 0.6 is 0 Å². The summed E-state index contributed by atoms with van der Waals surface area (Å²) < 4.78 is 0. The molecule has 0 aromatic rings. The molecule has 2 N–H and O–H groups in total. The zero-order chi connectivity index (χ0) is 9.28. The molecule has 11 heavy (non-hydrogen) atoms. The van der Waals surface area contributed by atoms with Gasteiger partial charge in [0.1, 0.15) is 0 Å². The normalized spacial score (nSPS) is 10.7. The quantitative estimate of drug-likeness (QED) is 0.606. The van der Waals surface area contributed by atoms with E-state index in [1.54, 1.807) is 0 Å². The Labute approximate surface area is 70.3 Å². The van der Waals surface area contributed by atoms with Crippen molar-refractivity contribution in [3.63, 3.8) is 0 Å². The summed E-state index contributed by atoms with van der Waals surface area (Å²) in [7, 11) is 0. The maximum atomic E-state index is 5.36. The van der Waals surface area contributed by atoms with Gasteiger partial charge in [-0.1, -0.05) is 38.2 Å². The number of allylic oxidation sites excluding steroid dienone is 5. The largest absolute Gasteiger partial charge is 0.402 e. The van der Waals surface area contributed by atoms with E-state index in [-0.39, 0.29) is 0 Å². The van der Waals surface area contributed by atoms with E-state index in [1.165, 1.54) is 0 Å². The lowest BCUT2D eigenvalue weighted by atomic mass is 10.3. The Balaban J connectivity index is 0. The number of hydrogen-bond acceptors (Lipinski definition) is 1. The molecule has 64 valence electrons. The third kappa shape index (κ3) is 17.6. The van der Waals surface area contributed by atoms with Crippen LogP contribution in [0.3, 0.4) is 0 Å². The topological polar surface area (TPSA) is 26.0 Å². The van der Waals surface area contributed by atoms with Crippen LogP contribution in [0, 0.1) is 0 Å². The van der Waals surface area contributed by atoms with E-state index in [1.807, 2.05) is 45.9 Å². The van der Waals surface area contributed by atoms with Crippen LogP contribution in [0.4, 0.5) is 0 Å². The average Bonchev–Trinajstić information content (AvgIpc) is 1.90. The molecule has 0 rings (SSSR count). The third-order valence-electron chi connectivity index (χ3n) is 0.740. The van der Waals surface area contributed by atoms with Crippen molar-refractivity contribution >= 4 is 0 Å². The summed E-state index contributed by atoms with van der Waals surface area (Å²) in [5.74, 6) is 0. The zero-order valence-electron chi connectivity index (χ0n) is 8.02. The van der Waals surface area contributed by atoms with Crippen LogP contribution in [0.1, 0.15) is 27.7 Å². The summed E-state index contributed by atoms with van der Waals surface area (Å²) in [5, 5.41) is 0. The average molecular weight is 153 g/mol. The standard InChI is InChI=1S/C8H13N.C2H6/c1-7(2)5-4-6-8(3)9;1-2/h4-6H,1,9H2,2-3H3;1-2H3/b5-4-,8-6+;. The molecule has 0 saturated heterocycles. The highest BCUT2D eigenvalue weighted by molar-refractivity contribution is 5.18. The smallest absolute Gasteiger partial charge is 0.00488 e. The minimum Gasteiger partial charge on any atom is -0.402 e. The molecule has 0 saturated carbocycles. The van der Waals surface area contributed by atoms with Crippen molar-refractivity contribution in [2.45, 2.75) is 27.7 Å². The predicted octanol–water partition coefficient (Wildman–Crippen LogP) is 3.01. The van der Waals surface area contributed by atoms with Gasteiger partial charge in [0, 0.05) is 5.70 Å². The molecule has 0 aromatic heterocycles. The van der Waals surface area contributed by atoms with E-state index in [2.05, 4.69) is 6.58 Å². The van der Waals surface area contributed by atoms with E-state index < -0.39 is 0 Å². The third-order valence-corrected chi connectivity index (χ3v) is 0.740. The van der Waals surface area contributed by atoms with Crippen LogP contribution in [0.15, 0.2) is 36.1 Å². The second-order valence-corrected chi connectivity index (χ2v) is 2.12. The van der Waals surface area contributed by atoms with E-state index in [0.29, 0.717) is 0 Å². The number of rotatable bonds is 2. The van der Waals surface area contributed by atoms with E-state index in [9.17, 15) is 0 Å². The molecular formula is C10H19N. The zero-order valence-corrected chi connectivity index (χ0v) is 8.02. The van der Waals surface area contributed by atoms with Gasteiger partial charge in [0.25, 0.3) is 0 Å². The van der Waals surface area contributed by atoms with Crippen molar-refractivity contribution in [3.8, 4) is 0 Å². The lowest BCUT2D eigenvalue weighted by Gasteiger charge is -1.83. The van der Waals surface area contributed by atoms with Crippen LogP contribution in [0.2, 0.25) is 0 Å². The Kier molecular flexibility index (Phi) is 10.4. The van der Waals surface area contributed by atoms with Crippen molar-refractivity contribution < 1.29 is 0 Å². The minimum absolute atomic E-state index is 0.813. The van der Waals surface area contributed by atoms with Crippen molar-refractivity contribution in [2.75, 3.05) is 0 Å². The van der Waals surface area contributed by atoms with Crippen LogP contribution in [-0.4, -0.2) is 0 Å². The monoisotopic (exact) mass is 153 g/mol. The van der Waals surface area contributed by atoms with Gasteiger partial charge in [-0.3, -0.25) is 0 Å². The van der Waals surface area contributed by atoms with Gasteiger partial charge in [-0.15, -0.1) is 0 Å². The number of nitrogens with two attached hydrogens (primary N) is 1. The lowest BCUT2D eigenvalue weighted by Crippen LogP contribution is -1.87. The molecule has 0 aromatic carbocycles. The van der Waals surface area contributed by atoms with E-state index in [4.69, 9.17) is 5.73 Å². The van der Waals surface area contributed by atoms with Gasteiger partial charge in [-0.05, 0) is 19.9 Å². The first kappa shape index (κ1) is 12.7. The molecule has 0 aliphatic rings. The first-order valence-corrected chi connectivity index (χ1v) is 3.89. The second-order valence-electron chi connectivity index (χ2n) is 2.12. The van der Waals surface area contributed by atoms with Gasteiger partial charge in [0.15, 0.2) is 0 Å². The molecule has 1 nitrogen and oxygen atoms in total. The lowest BCUT2D eigenvalue weighted by molar-refractivity contribution is 1.32. The molecule has 0 bridgehead atoms. The van der Waals surface area contributed by atoms with E-state index >= 15 is 0 Å². The first-order valence-electron chi connectivity index (χ1n) is 3.89. The first-order chi connectivity index (χ1) is 5.13. The molecule has 0 radical (unpaired) electrons. The van der Waals surface area contributed by atoms with Gasteiger partial charge in [0.05, 0.1) is 0 Å². The van der Waals surface area contributed by atoms with Crippen molar-refractivity contribution in [2.24, 2.45) is 5.73 Å². The molecular weight excluding hydrogens is 134 g/mol. The fourth-order valence-electron chi connectivity index (χ4n) is 0.364. The Bertz CT molecular complexity index is 148. The predicted molar refractivity (Wildman–Crippen MR) is 53.2 cm³/mol. The molecule has 0 spiro atoms. The van der Waals surface area contributed by atoms with Crippen LogP contribution in [-0.2, 0) is 0 Å². The molecule has 0 fully saturated rings. The van der Waals surface area contributed by atoms with Crippen LogP contribution < -0.4 is 5.73 Å². The highest BCUT2D eigenvalue weighted by Gasteiger charge is 1.71. The Morgan fingerprint density at radius 1 is 1.27 bits per heavy atom. The maximum Gasteiger partial charge on any atom is 0.00488 e. The molecule has 0 unspecified atom stereocenters. The van der Waals surface area contributed by atoms with Gasteiger partial charge < -0.3 is 5.73 Å². The summed E-state index contributed by atoms with van der Waals surface area (Å²) >= 11 is 0.